The van der Waals surface area contributed by atoms with Crippen LogP contribution in [-0.4, -0.2) is 17.8 Å². The van der Waals surface area contributed by atoms with Gasteiger partial charge in [0.2, 0.25) is 0 Å². The number of aromatic nitrogens is 2. The van der Waals surface area contributed by atoms with Crippen LogP contribution in [0.15, 0.2) is 72.8 Å². The van der Waals surface area contributed by atoms with Gasteiger partial charge in [-0.15, -0.1) is 0 Å². The van der Waals surface area contributed by atoms with Gasteiger partial charge >= 0.3 is 165 Å². The van der Waals surface area contributed by atoms with Crippen molar-refractivity contribution in [2.24, 2.45) is 7.05 Å². The van der Waals surface area contributed by atoms with Gasteiger partial charge in [-0.25, -0.2) is 0 Å². The first-order chi connectivity index (χ1) is 12.9. The molecule has 0 aliphatic heterocycles. The van der Waals surface area contributed by atoms with Crippen LogP contribution < -0.4 is 8.96 Å². The van der Waals surface area contributed by atoms with E-state index < -0.39 is 13.3 Å². The molecule has 4 aromatic rings. The van der Waals surface area contributed by atoms with Crippen LogP contribution in [0.1, 0.15) is 5.82 Å². The molecule has 0 saturated heterocycles. The molecule has 3 heteroatoms. The van der Waals surface area contributed by atoms with E-state index in [1.54, 1.807) is 0 Å². The Morgan fingerprint density at radius 1 is 0.815 bits per heavy atom. The van der Waals surface area contributed by atoms with Crippen molar-refractivity contribution in [1.29, 1.82) is 0 Å². The zero-order chi connectivity index (χ0) is 19.2. The van der Waals surface area contributed by atoms with E-state index in [0.29, 0.717) is 0 Å². The van der Waals surface area contributed by atoms with Crippen LogP contribution in [0.4, 0.5) is 0 Å². The van der Waals surface area contributed by atoms with E-state index in [-0.39, 0.29) is 0 Å². The number of hydrogen-bond donors (Lipinski definition) is 0. The second kappa shape index (κ2) is 6.68. The summed E-state index contributed by atoms with van der Waals surface area (Å²) in [4.78, 5) is 0. The third-order valence-electron chi connectivity index (χ3n) is 5.48. The van der Waals surface area contributed by atoms with Gasteiger partial charge in [0.15, 0.2) is 0 Å². The van der Waals surface area contributed by atoms with Crippen molar-refractivity contribution in [3.05, 3.63) is 78.6 Å². The molecule has 136 valence electrons. The normalized spacial score (nSPS) is 11.9. The molecule has 0 aliphatic carbocycles. The molecule has 0 atom stereocenters. The van der Waals surface area contributed by atoms with Gasteiger partial charge in [0, 0.05) is 0 Å². The summed E-state index contributed by atoms with van der Waals surface area (Å²) in [6.07, 6.45) is 0. The Labute approximate surface area is 164 Å². The number of benzene rings is 3. The zero-order valence-electron chi connectivity index (χ0n) is 16.8. The Bertz CT molecular complexity index is 1120. The number of hydrogen-bond acceptors (Lipinski definition) is 0. The fourth-order valence-electron chi connectivity index (χ4n) is 3.79. The van der Waals surface area contributed by atoms with Crippen LogP contribution in [0, 0.1) is 6.92 Å². The van der Waals surface area contributed by atoms with Gasteiger partial charge < -0.3 is 0 Å². The van der Waals surface area contributed by atoms with Crippen molar-refractivity contribution >= 4 is 28.7 Å². The fourth-order valence-corrected chi connectivity index (χ4v) is 6.22. The number of rotatable bonds is 3. The molecule has 0 fully saturated rings. The first-order valence-electron chi connectivity index (χ1n) is 9.54. The molecule has 0 unspecified atom stereocenters. The van der Waals surface area contributed by atoms with Gasteiger partial charge in [-0.05, 0) is 0 Å². The minimum absolute atomic E-state index is 1.23. The van der Waals surface area contributed by atoms with E-state index in [2.05, 4.69) is 113 Å². The van der Waals surface area contributed by atoms with Gasteiger partial charge in [0.1, 0.15) is 0 Å². The van der Waals surface area contributed by atoms with Crippen LogP contribution in [0.5, 0.6) is 0 Å². The van der Waals surface area contributed by atoms with Gasteiger partial charge in [-0.2, -0.15) is 0 Å². The predicted molar refractivity (Wildman–Crippen MR) is 118 cm³/mol. The van der Waals surface area contributed by atoms with Crippen molar-refractivity contribution in [1.82, 2.24) is 4.57 Å². The Morgan fingerprint density at radius 3 is 2.19 bits per heavy atom. The van der Waals surface area contributed by atoms with Crippen molar-refractivity contribution in [2.75, 3.05) is 0 Å². The van der Waals surface area contributed by atoms with E-state index in [1.807, 2.05) is 0 Å². The molecule has 0 spiro atoms. The second-order valence-electron chi connectivity index (χ2n) is 8.28. The van der Waals surface area contributed by atoms with E-state index in [9.17, 15) is 0 Å². The topological polar surface area (TPSA) is 8.81 Å². The fraction of sp³-hybridized carbons (Fsp3) is 0.208. The molecule has 3 aromatic carbocycles. The van der Waals surface area contributed by atoms with Crippen LogP contribution in [0.2, 0.25) is 17.3 Å². The van der Waals surface area contributed by atoms with Crippen LogP contribution >= 0.6 is 0 Å². The van der Waals surface area contributed by atoms with Gasteiger partial charge in [0.05, 0.1) is 0 Å². The number of imidazole rings is 1. The molecular formula is C24H27GeN2+. The zero-order valence-corrected chi connectivity index (χ0v) is 18.9. The maximum absolute atomic E-state index is 2.46. The first-order valence-corrected chi connectivity index (χ1v) is 16.9. The molecule has 0 bridgehead atoms. The summed E-state index contributed by atoms with van der Waals surface area (Å²) < 4.78 is 6.22. The Balaban J connectivity index is 2.07. The van der Waals surface area contributed by atoms with Crippen molar-refractivity contribution in [2.45, 2.75) is 24.2 Å². The number of para-hydroxylation sites is 2. The molecule has 4 rings (SSSR count). The van der Waals surface area contributed by atoms with Crippen molar-refractivity contribution < 1.29 is 4.57 Å². The van der Waals surface area contributed by atoms with Gasteiger partial charge in [-0.1, -0.05) is 0 Å². The second-order valence-corrected chi connectivity index (χ2v) is 18.9. The maximum atomic E-state index is 2.46. The molecule has 0 amide bonds. The molecule has 0 N–H and O–H groups in total. The predicted octanol–water partition coefficient (Wildman–Crippen LogP) is 4.98. The number of nitrogens with zero attached hydrogens (tertiary/aromatic N) is 2. The van der Waals surface area contributed by atoms with E-state index in [0.717, 1.165) is 0 Å². The number of fused-ring (bicyclic) bond motifs is 1. The third-order valence-corrected chi connectivity index (χ3v) is 9.77. The first kappa shape index (κ1) is 18.1. The Morgan fingerprint density at radius 2 is 1.48 bits per heavy atom. The molecule has 1 heterocycles. The molecule has 0 aliphatic rings. The molecule has 2 nitrogen and oxygen atoms in total. The van der Waals surface area contributed by atoms with Gasteiger partial charge in [0.25, 0.3) is 0 Å². The summed E-state index contributed by atoms with van der Waals surface area (Å²) in [5, 5.41) is 0. The summed E-state index contributed by atoms with van der Waals surface area (Å²) in [6, 6.07) is 26.6. The monoisotopic (exact) mass is 417 g/mol. The van der Waals surface area contributed by atoms with Crippen LogP contribution in [0.3, 0.4) is 0 Å². The standard InChI is InChI=1S/C24H27GeN2/c1-18-26(5)23-13-9-10-14-24(23)27(18)22-16-15-20(25(2,3)4)17-21(22)19-11-7-6-8-12-19/h6-17H,1-5H3/q+1. The molecule has 27 heavy (non-hydrogen) atoms. The summed E-state index contributed by atoms with van der Waals surface area (Å²) in [6.45, 7) is 2.20. The number of aryl methyl sites for hydroxylation is 1. The minimum atomic E-state index is -1.93. The summed E-state index contributed by atoms with van der Waals surface area (Å²) in [7, 11) is 2.15. The Hall–Kier alpha value is -2.33. The van der Waals surface area contributed by atoms with Crippen LogP contribution in [-0.2, 0) is 7.05 Å². The summed E-state index contributed by atoms with van der Waals surface area (Å²) in [5.74, 6) is 8.61. The average molecular weight is 416 g/mol. The van der Waals surface area contributed by atoms with Crippen molar-refractivity contribution in [3.63, 3.8) is 0 Å². The third kappa shape index (κ3) is 3.12. The molecular weight excluding hydrogens is 389 g/mol. The van der Waals surface area contributed by atoms with E-state index in [4.69, 9.17) is 0 Å². The Kier molecular flexibility index (Phi) is 4.47. The van der Waals surface area contributed by atoms with E-state index >= 15 is 0 Å². The quantitative estimate of drug-likeness (QED) is 0.329. The molecule has 0 radical (unpaired) electrons. The summed E-state index contributed by atoms with van der Waals surface area (Å²) in [5.41, 5.74) is 6.36. The summed E-state index contributed by atoms with van der Waals surface area (Å²) >= 11 is -1.93. The van der Waals surface area contributed by atoms with Gasteiger partial charge in [-0.3, -0.25) is 0 Å². The van der Waals surface area contributed by atoms with E-state index in [1.165, 1.54) is 38.1 Å². The molecule has 0 saturated carbocycles. The van der Waals surface area contributed by atoms with Crippen molar-refractivity contribution in [3.8, 4) is 16.8 Å². The van der Waals surface area contributed by atoms with Crippen LogP contribution in [0.25, 0.3) is 27.8 Å². The average Bonchev–Trinajstić information content (AvgIpc) is 2.92. The molecule has 1 aromatic heterocycles. The SMILES string of the molecule is Cc1n(-c2cc[c]([Ge]([CH3])([CH3])[CH3])cc2-c2ccccc2)c2ccccc2[n+]1C.